The molecule has 0 saturated carbocycles. The van der Waals surface area contributed by atoms with Crippen molar-refractivity contribution in [1.29, 1.82) is 0 Å². The Hall–Kier alpha value is -2.71. The fourth-order valence-electron chi connectivity index (χ4n) is 3.12. The molecular formula is C20H19ClF2N4O2. The van der Waals surface area contributed by atoms with E-state index in [0.29, 0.717) is 60.1 Å². The molecular weight excluding hydrogens is 402 g/mol. The summed E-state index contributed by atoms with van der Waals surface area (Å²) in [5.41, 5.74) is 1.25. The molecule has 1 aliphatic rings. The second-order valence-corrected chi connectivity index (χ2v) is 7.11. The van der Waals surface area contributed by atoms with Gasteiger partial charge in [-0.05, 0) is 24.3 Å². The standard InChI is InChI=1S/C20H19ClF2N4O2/c1-28-18-8-17-14(7-19(18)29-5-4-27-9-12(22)10-27)20(25-11-24-17)26-13-2-3-16(23)15(21)6-13/h2-3,6-8,11-12H,4-5,9-10H2,1H3,(H,24,25,26). The molecule has 0 atom stereocenters. The van der Waals surface area contributed by atoms with Crippen molar-refractivity contribution in [2.75, 3.05) is 38.7 Å². The molecule has 1 aromatic heterocycles. The van der Waals surface area contributed by atoms with Gasteiger partial charge in [-0.1, -0.05) is 11.6 Å². The summed E-state index contributed by atoms with van der Waals surface area (Å²) in [7, 11) is 1.55. The zero-order valence-electron chi connectivity index (χ0n) is 15.7. The molecule has 0 aliphatic carbocycles. The number of likely N-dealkylation sites (tertiary alicyclic amines) is 1. The SMILES string of the molecule is COc1cc2ncnc(Nc3ccc(F)c(Cl)c3)c2cc1OCCN1CC(F)C1. The van der Waals surface area contributed by atoms with Gasteiger partial charge in [-0.3, -0.25) is 4.90 Å². The van der Waals surface area contributed by atoms with Crippen molar-refractivity contribution in [2.24, 2.45) is 0 Å². The number of benzene rings is 2. The van der Waals surface area contributed by atoms with E-state index in [4.69, 9.17) is 21.1 Å². The lowest BCUT2D eigenvalue weighted by atomic mass is 10.2. The summed E-state index contributed by atoms with van der Waals surface area (Å²) in [5, 5.41) is 3.85. The van der Waals surface area contributed by atoms with Crippen molar-refractivity contribution in [1.82, 2.24) is 14.9 Å². The molecule has 1 fully saturated rings. The summed E-state index contributed by atoms with van der Waals surface area (Å²) in [5.74, 6) is 1.10. The highest BCUT2D eigenvalue weighted by Gasteiger charge is 2.25. The van der Waals surface area contributed by atoms with Crippen molar-refractivity contribution < 1.29 is 18.3 Å². The third-order valence-corrected chi connectivity index (χ3v) is 4.97. The van der Waals surface area contributed by atoms with Crippen LogP contribution in [0.3, 0.4) is 0 Å². The van der Waals surface area contributed by atoms with Gasteiger partial charge in [0.25, 0.3) is 0 Å². The van der Waals surface area contributed by atoms with E-state index in [0.717, 1.165) is 0 Å². The number of hydrogen-bond acceptors (Lipinski definition) is 6. The minimum atomic E-state index is -0.740. The molecule has 6 nitrogen and oxygen atoms in total. The number of rotatable bonds is 7. The fourth-order valence-corrected chi connectivity index (χ4v) is 3.30. The van der Waals surface area contributed by atoms with Crippen LogP contribution in [0.25, 0.3) is 10.9 Å². The van der Waals surface area contributed by atoms with Crippen LogP contribution in [-0.2, 0) is 0 Å². The molecule has 0 spiro atoms. The highest BCUT2D eigenvalue weighted by atomic mass is 35.5. The van der Waals surface area contributed by atoms with Crippen LogP contribution in [0.5, 0.6) is 11.5 Å². The van der Waals surface area contributed by atoms with E-state index >= 15 is 0 Å². The topological polar surface area (TPSA) is 59.5 Å². The number of methoxy groups -OCH3 is 1. The van der Waals surface area contributed by atoms with Crippen molar-refractivity contribution in [3.05, 3.63) is 47.5 Å². The molecule has 2 aromatic carbocycles. The van der Waals surface area contributed by atoms with E-state index in [2.05, 4.69) is 15.3 Å². The van der Waals surface area contributed by atoms with Crippen molar-refractivity contribution >= 4 is 34.0 Å². The zero-order chi connectivity index (χ0) is 20.4. The van der Waals surface area contributed by atoms with Gasteiger partial charge >= 0.3 is 0 Å². The first-order chi connectivity index (χ1) is 14.0. The number of anilines is 2. The molecule has 4 rings (SSSR count). The lowest BCUT2D eigenvalue weighted by molar-refractivity contribution is 0.0536. The first-order valence-corrected chi connectivity index (χ1v) is 9.45. The molecule has 3 aromatic rings. The Balaban J connectivity index is 1.58. The van der Waals surface area contributed by atoms with Gasteiger partial charge in [0.1, 0.15) is 30.7 Å². The monoisotopic (exact) mass is 420 g/mol. The first kappa shape index (κ1) is 19.6. The van der Waals surface area contributed by atoms with Crippen LogP contribution in [-0.4, -0.2) is 54.4 Å². The van der Waals surface area contributed by atoms with Crippen molar-refractivity contribution in [2.45, 2.75) is 6.17 Å². The molecule has 1 saturated heterocycles. The zero-order valence-corrected chi connectivity index (χ0v) is 16.4. The van der Waals surface area contributed by atoms with Crippen LogP contribution in [0, 0.1) is 5.82 Å². The van der Waals surface area contributed by atoms with E-state index in [9.17, 15) is 8.78 Å². The average molecular weight is 421 g/mol. The van der Waals surface area contributed by atoms with Gasteiger partial charge in [-0.15, -0.1) is 0 Å². The van der Waals surface area contributed by atoms with Gasteiger partial charge in [-0.2, -0.15) is 0 Å². The summed E-state index contributed by atoms with van der Waals surface area (Å²) in [6, 6.07) is 7.88. The predicted octanol–water partition coefficient (Wildman–Crippen LogP) is 4.21. The van der Waals surface area contributed by atoms with Gasteiger partial charge in [0.15, 0.2) is 11.5 Å². The molecule has 29 heavy (non-hydrogen) atoms. The van der Waals surface area contributed by atoms with Gasteiger partial charge in [0.2, 0.25) is 0 Å². The van der Waals surface area contributed by atoms with Gasteiger partial charge in [0, 0.05) is 36.8 Å². The van der Waals surface area contributed by atoms with Gasteiger partial charge in [0.05, 0.1) is 17.6 Å². The molecule has 0 amide bonds. The number of nitrogens with zero attached hydrogens (tertiary/aromatic N) is 3. The van der Waals surface area contributed by atoms with E-state index in [1.54, 1.807) is 25.3 Å². The quantitative estimate of drug-likeness (QED) is 0.618. The third-order valence-electron chi connectivity index (χ3n) is 4.68. The third kappa shape index (κ3) is 4.33. The maximum atomic E-state index is 13.4. The Morgan fingerprint density at radius 1 is 1.21 bits per heavy atom. The minimum absolute atomic E-state index is 0.0144. The predicted molar refractivity (Wildman–Crippen MR) is 108 cm³/mol. The molecule has 0 bridgehead atoms. The number of alkyl halides is 1. The maximum Gasteiger partial charge on any atom is 0.162 e. The van der Waals surface area contributed by atoms with Crippen LogP contribution >= 0.6 is 11.6 Å². The van der Waals surface area contributed by atoms with E-state index < -0.39 is 12.0 Å². The number of fused-ring (bicyclic) bond motifs is 1. The van der Waals surface area contributed by atoms with Crippen LogP contribution in [0.15, 0.2) is 36.7 Å². The largest absolute Gasteiger partial charge is 0.493 e. The molecule has 0 radical (unpaired) electrons. The highest BCUT2D eigenvalue weighted by Crippen LogP contribution is 2.35. The Bertz CT molecular complexity index is 1030. The number of halogens is 3. The molecule has 1 aliphatic heterocycles. The summed E-state index contributed by atoms with van der Waals surface area (Å²) < 4.78 is 37.6. The van der Waals surface area contributed by atoms with Gasteiger partial charge in [-0.25, -0.2) is 18.7 Å². The lowest BCUT2D eigenvalue weighted by Gasteiger charge is -2.33. The van der Waals surface area contributed by atoms with Gasteiger partial charge < -0.3 is 14.8 Å². The number of aromatic nitrogens is 2. The molecule has 9 heteroatoms. The Morgan fingerprint density at radius 2 is 2.03 bits per heavy atom. The second-order valence-electron chi connectivity index (χ2n) is 6.70. The Kier molecular flexibility index (Phi) is 5.64. The molecule has 2 heterocycles. The Morgan fingerprint density at radius 3 is 2.76 bits per heavy atom. The molecule has 152 valence electrons. The van der Waals surface area contributed by atoms with E-state index in [1.165, 1.54) is 18.5 Å². The highest BCUT2D eigenvalue weighted by molar-refractivity contribution is 6.31. The van der Waals surface area contributed by atoms with Crippen LogP contribution in [0.1, 0.15) is 0 Å². The number of nitrogens with one attached hydrogen (secondary N) is 1. The Labute approximate surface area is 171 Å². The maximum absolute atomic E-state index is 13.4. The minimum Gasteiger partial charge on any atom is -0.493 e. The smallest absolute Gasteiger partial charge is 0.162 e. The summed E-state index contributed by atoms with van der Waals surface area (Å²) in [4.78, 5) is 10.5. The molecule has 0 unspecified atom stereocenters. The number of hydrogen-bond donors (Lipinski definition) is 1. The van der Waals surface area contributed by atoms with Crippen LogP contribution in [0.4, 0.5) is 20.3 Å². The van der Waals surface area contributed by atoms with Crippen LogP contribution < -0.4 is 14.8 Å². The number of ether oxygens (including phenoxy) is 2. The van der Waals surface area contributed by atoms with Crippen molar-refractivity contribution in [3.63, 3.8) is 0 Å². The summed E-state index contributed by atoms with van der Waals surface area (Å²) in [6.07, 6.45) is 0.684. The second kappa shape index (κ2) is 8.34. The summed E-state index contributed by atoms with van der Waals surface area (Å²) in [6.45, 7) is 1.92. The van der Waals surface area contributed by atoms with E-state index in [-0.39, 0.29) is 5.02 Å². The van der Waals surface area contributed by atoms with Crippen molar-refractivity contribution in [3.8, 4) is 11.5 Å². The first-order valence-electron chi connectivity index (χ1n) is 9.07. The van der Waals surface area contributed by atoms with Crippen LogP contribution in [0.2, 0.25) is 5.02 Å². The lowest BCUT2D eigenvalue weighted by Crippen LogP contribution is -2.49. The summed E-state index contributed by atoms with van der Waals surface area (Å²) >= 11 is 5.86. The van der Waals surface area contributed by atoms with E-state index in [1.807, 2.05) is 4.90 Å². The molecule has 1 N–H and O–H groups in total. The normalized spacial score (nSPS) is 14.6. The fraction of sp³-hybridized carbons (Fsp3) is 0.300. The average Bonchev–Trinajstić information content (AvgIpc) is 2.69.